The molecule has 0 spiro atoms. The van der Waals surface area contributed by atoms with Crippen LogP contribution in [-0.4, -0.2) is 29.0 Å². The third-order valence-electron chi connectivity index (χ3n) is 4.48. The minimum atomic E-state index is -0.175. The zero-order valence-electron chi connectivity index (χ0n) is 11.9. The Morgan fingerprint density at radius 1 is 1.36 bits per heavy atom. The lowest BCUT2D eigenvalue weighted by molar-refractivity contribution is 0.0903. The summed E-state index contributed by atoms with van der Waals surface area (Å²) >= 11 is 6.12. The number of rotatable bonds is 3. The summed E-state index contributed by atoms with van der Waals surface area (Å²) in [4.78, 5) is 16.4. The highest BCUT2D eigenvalue weighted by atomic mass is 35.5. The molecule has 0 aliphatic carbocycles. The molecule has 6 heteroatoms. The van der Waals surface area contributed by atoms with E-state index in [1.54, 1.807) is 30.6 Å². The highest BCUT2D eigenvalue weighted by molar-refractivity contribution is 6.33. The van der Waals surface area contributed by atoms with Crippen molar-refractivity contribution in [2.75, 3.05) is 0 Å². The predicted molar refractivity (Wildman–Crippen MR) is 82.8 cm³/mol. The average Bonchev–Trinajstić information content (AvgIpc) is 3.24. The lowest BCUT2D eigenvalue weighted by atomic mass is 9.95. The number of nitrogens with zero attached hydrogens (tertiary/aromatic N) is 1. The van der Waals surface area contributed by atoms with E-state index >= 15 is 0 Å². The Morgan fingerprint density at radius 3 is 3.00 bits per heavy atom. The highest BCUT2D eigenvalue weighted by Gasteiger charge is 2.39. The van der Waals surface area contributed by atoms with Gasteiger partial charge >= 0.3 is 0 Å². The van der Waals surface area contributed by atoms with E-state index in [0.717, 1.165) is 12.8 Å². The van der Waals surface area contributed by atoms with E-state index in [0.29, 0.717) is 34.2 Å². The van der Waals surface area contributed by atoms with E-state index in [1.165, 1.54) is 6.42 Å². The van der Waals surface area contributed by atoms with Crippen molar-refractivity contribution in [2.24, 2.45) is 0 Å². The van der Waals surface area contributed by atoms with Crippen LogP contribution in [-0.2, 0) is 0 Å². The standard InChI is InChI=1S/C16H16ClN3O2/c17-11-5-6-18-8-10(11)14-3-4-15(22-14)16(21)20-13-7-9-1-2-12(13)19-9/h3-6,8-9,12-13,19H,1-2,7H2,(H,20,21). The summed E-state index contributed by atoms with van der Waals surface area (Å²) in [6, 6.07) is 6.26. The van der Waals surface area contributed by atoms with Crippen LogP contribution in [0.2, 0.25) is 5.02 Å². The molecule has 5 nitrogen and oxygen atoms in total. The molecule has 114 valence electrons. The van der Waals surface area contributed by atoms with Crippen LogP contribution < -0.4 is 10.6 Å². The van der Waals surface area contributed by atoms with Gasteiger partial charge in [-0.3, -0.25) is 9.78 Å². The van der Waals surface area contributed by atoms with Crippen molar-refractivity contribution < 1.29 is 9.21 Å². The van der Waals surface area contributed by atoms with Gasteiger partial charge in [-0.15, -0.1) is 0 Å². The molecule has 2 aromatic rings. The fourth-order valence-electron chi connectivity index (χ4n) is 3.39. The van der Waals surface area contributed by atoms with Crippen LogP contribution in [0, 0.1) is 0 Å². The molecule has 0 radical (unpaired) electrons. The van der Waals surface area contributed by atoms with Crippen LogP contribution in [0.1, 0.15) is 29.8 Å². The van der Waals surface area contributed by atoms with Crippen LogP contribution in [0.5, 0.6) is 0 Å². The molecule has 3 atom stereocenters. The lowest BCUT2D eigenvalue weighted by Gasteiger charge is -2.20. The van der Waals surface area contributed by atoms with E-state index in [4.69, 9.17) is 16.0 Å². The molecular weight excluding hydrogens is 302 g/mol. The zero-order valence-corrected chi connectivity index (χ0v) is 12.6. The maximum Gasteiger partial charge on any atom is 0.287 e. The first-order valence-electron chi connectivity index (χ1n) is 7.47. The Labute approximate surface area is 133 Å². The Kier molecular flexibility index (Phi) is 3.39. The van der Waals surface area contributed by atoms with Crippen molar-refractivity contribution >= 4 is 17.5 Å². The maximum absolute atomic E-state index is 12.3. The molecular formula is C16H16ClN3O2. The van der Waals surface area contributed by atoms with Gasteiger partial charge in [0.15, 0.2) is 5.76 Å². The minimum Gasteiger partial charge on any atom is -0.451 e. The predicted octanol–water partition coefficient (Wildman–Crippen LogP) is 2.62. The van der Waals surface area contributed by atoms with Gasteiger partial charge < -0.3 is 15.1 Å². The number of carbonyl (C=O) groups is 1. The largest absolute Gasteiger partial charge is 0.451 e. The molecule has 2 bridgehead atoms. The molecule has 4 rings (SSSR count). The van der Waals surface area contributed by atoms with Crippen LogP contribution in [0.4, 0.5) is 0 Å². The van der Waals surface area contributed by atoms with Crippen molar-refractivity contribution in [3.8, 4) is 11.3 Å². The number of hydrogen-bond acceptors (Lipinski definition) is 4. The zero-order chi connectivity index (χ0) is 15.1. The monoisotopic (exact) mass is 317 g/mol. The van der Waals surface area contributed by atoms with Crippen molar-refractivity contribution in [3.05, 3.63) is 41.4 Å². The SMILES string of the molecule is O=C(NC1CC2CCC1N2)c1ccc(-c2cnccc2Cl)o1. The maximum atomic E-state index is 12.3. The van der Waals surface area contributed by atoms with Gasteiger partial charge in [0, 0.05) is 30.5 Å². The number of carbonyl (C=O) groups excluding carboxylic acids is 1. The third-order valence-corrected chi connectivity index (χ3v) is 4.81. The van der Waals surface area contributed by atoms with Gasteiger partial charge in [0.05, 0.1) is 10.6 Å². The number of furan rings is 1. The van der Waals surface area contributed by atoms with Gasteiger partial charge in [0.2, 0.25) is 0 Å². The summed E-state index contributed by atoms with van der Waals surface area (Å²) in [6.07, 6.45) is 6.58. The van der Waals surface area contributed by atoms with Gasteiger partial charge in [0.1, 0.15) is 5.76 Å². The number of aromatic nitrogens is 1. The number of amides is 1. The normalized spacial score (nSPS) is 26.3. The molecule has 1 amide bonds. The van der Waals surface area contributed by atoms with Crippen molar-refractivity contribution in [1.29, 1.82) is 0 Å². The van der Waals surface area contributed by atoms with E-state index in [2.05, 4.69) is 15.6 Å². The second kappa shape index (κ2) is 5.41. The first-order chi connectivity index (χ1) is 10.7. The Balaban J connectivity index is 1.49. The van der Waals surface area contributed by atoms with Crippen molar-refractivity contribution in [3.63, 3.8) is 0 Å². The fourth-order valence-corrected chi connectivity index (χ4v) is 3.58. The van der Waals surface area contributed by atoms with Crippen molar-refractivity contribution in [1.82, 2.24) is 15.6 Å². The Morgan fingerprint density at radius 2 is 2.27 bits per heavy atom. The summed E-state index contributed by atoms with van der Waals surface area (Å²) in [5.41, 5.74) is 0.685. The quantitative estimate of drug-likeness (QED) is 0.913. The van der Waals surface area contributed by atoms with Crippen molar-refractivity contribution in [2.45, 2.75) is 37.4 Å². The lowest BCUT2D eigenvalue weighted by Crippen LogP contribution is -2.42. The fraction of sp³-hybridized carbons (Fsp3) is 0.375. The summed E-state index contributed by atoms with van der Waals surface area (Å²) in [7, 11) is 0. The first kappa shape index (κ1) is 13.8. The molecule has 0 saturated carbocycles. The van der Waals surface area contributed by atoms with Gasteiger partial charge in [-0.25, -0.2) is 0 Å². The summed E-state index contributed by atoms with van der Waals surface area (Å²) < 4.78 is 5.65. The molecule has 2 aliphatic heterocycles. The first-order valence-corrected chi connectivity index (χ1v) is 7.85. The molecule has 4 heterocycles. The van der Waals surface area contributed by atoms with Gasteiger partial charge in [-0.2, -0.15) is 0 Å². The van der Waals surface area contributed by atoms with E-state index in [9.17, 15) is 4.79 Å². The summed E-state index contributed by atoms with van der Waals surface area (Å²) in [5.74, 6) is 0.678. The molecule has 3 unspecified atom stereocenters. The van der Waals surface area contributed by atoms with Crippen LogP contribution in [0.25, 0.3) is 11.3 Å². The van der Waals surface area contributed by atoms with Gasteiger partial charge in [-0.05, 0) is 37.5 Å². The Hall–Kier alpha value is -1.85. The topological polar surface area (TPSA) is 67.2 Å². The molecule has 2 fully saturated rings. The summed E-state index contributed by atoms with van der Waals surface area (Å²) in [5, 5.41) is 7.11. The van der Waals surface area contributed by atoms with Gasteiger partial charge in [-0.1, -0.05) is 11.6 Å². The number of nitrogens with one attached hydrogen (secondary N) is 2. The molecule has 22 heavy (non-hydrogen) atoms. The number of halogens is 1. The second-order valence-corrected chi connectivity index (χ2v) is 6.29. The molecule has 0 aromatic carbocycles. The van der Waals surface area contributed by atoms with E-state index in [1.807, 2.05) is 0 Å². The number of fused-ring (bicyclic) bond motifs is 2. The minimum absolute atomic E-state index is 0.175. The molecule has 2 aromatic heterocycles. The molecule has 2 aliphatic rings. The third kappa shape index (κ3) is 2.40. The molecule has 2 saturated heterocycles. The van der Waals surface area contributed by atoms with Crippen LogP contribution in [0.15, 0.2) is 35.0 Å². The van der Waals surface area contributed by atoms with E-state index < -0.39 is 0 Å². The highest BCUT2D eigenvalue weighted by Crippen LogP contribution is 2.30. The van der Waals surface area contributed by atoms with Crippen LogP contribution >= 0.6 is 11.6 Å². The average molecular weight is 318 g/mol. The second-order valence-electron chi connectivity index (χ2n) is 5.88. The number of hydrogen-bond donors (Lipinski definition) is 2. The molecule has 2 N–H and O–H groups in total. The van der Waals surface area contributed by atoms with Crippen LogP contribution in [0.3, 0.4) is 0 Å². The number of pyridine rings is 1. The summed E-state index contributed by atoms with van der Waals surface area (Å²) in [6.45, 7) is 0. The Bertz CT molecular complexity index is 715. The smallest absolute Gasteiger partial charge is 0.287 e. The van der Waals surface area contributed by atoms with E-state index in [-0.39, 0.29) is 11.9 Å². The van der Waals surface area contributed by atoms with Gasteiger partial charge in [0.25, 0.3) is 5.91 Å².